The summed E-state index contributed by atoms with van der Waals surface area (Å²) < 4.78 is 0. The molecule has 0 aliphatic carbocycles. The van der Waals surface area contributed by atoms with Crippen LogP contribution in [0.1, 0.15) is 12.5 Å². The number of carboxylic acid groups (broad SMARTS) is 1. The van der Waals surface area contributed by atoms with Crippen molar-refractivity contribution < 1.29 is 9.90 Å². The number of hydrogen-bond acceptors (Lipinski definition) is 2. The molecule has 1 fully saturated rings. The fraction of sp³-hybridized carbons (Fsp3) is 0.417. The van der Waals surface area contributed by atoms with Crippen molar-refractivity contribution in [3.8, 4) is 0 Å². The van der Waals surface area contributed by atoms with Crippen molar-refractivity contribution in [1.82, 2.24) is 4.90 Å². The van der Waals surface area contributed by atoms with Crippen LogP contribution in [0.5, 0.6) is 0 Å². The van der Waals surface area contributed by atoms with E-state index in [0.717, 1.165) is 13.1 Å². The van der Waals surface area contributed by atoms with E-state index in [4.69, 9.17) is 5.11 Å². The minimum Gasteiger partial charge on any atom is -0.480 e. The molecule has 0 radical (unpaired) electrons. The number of nitrogens with zero attached hydrogens (tertiary/aromatic N) is 1. The molecule has 0 spiro atoms. The molecule has 0 aromatic heterocycles. The number of benzene rings is 1. The number of carboxylic acids is 1. The highest BCUT2D eigenvalue weighted by molar-refractivity contribution is 5.75. The molecule has 2 atom stereocenters. The van der Waals surface area contributed by atoms with Gasteiger partial charge in [0.25, 0.3) is 0 Å². The first-order valence-electron chi connectivity index (χ1n) is 5.19. The Morgan fingerprint density at radius 3 is 2.67 bits per heavy atom. The van der Waals surface area contributed by atoms with Crippen molar-refractivity contribution in [1.29, 1.82) is 0 Å². The van der Waals surface area contributed by atoms with Crippen LogP contribution in [0, 0.1) is 5.92 Å². The number of hydrogen-bond donors (Lipinski definition) is 1. The molecule has 1 saturated heterocycles. The van der Waals surface area contributed by atoms with Crippen molar-refractivity contribution >= 4 is 5.97 Å². The fourth-order valence-corrected chi connectivity index (χ4v) is 2.19. The third-order valence-electron chi connectivity index (χ3n) is 2.94. The molecule has 2 rings (SSSR count). The predicted octanol–water partition coefficient (Wildman–Crippen LogP) is 1.59. The average molecular weight is 205 g/mol. The summed E-state index contributed by atoms with van der Waals surface area (Å²) in [7, 11) is 0. The van der Waals surface area contributed by atoms with Crippen LogP contribution < -0.4 is 0 Å². The lowest BCUT2D eigenvalue weighted by Gasteiger charge is -2.43. The lowest BCUT2D eigenvalue weighted by Crippen LogP contribution is -2.58. The Balaban J connectivity index is 2.00. The van der Waals surface area contributed by atoms with Crippen molar-refractivity contribution in [2.24, 2.45) is 5.92 Å². The van der Waals surface area contributed by atoms with Crippen molar-refractivity contribution in [2.45, 2.75) is 19.5 Å². The largest absolute Gasteiger partial charge is 0.480 e. The van der Waals surface area contributed by atoms with E-state index in [2.05, 4.69) is 0 Å². The molecular weight excluding hydrogens is 190 g/mol. The molecule has 1 unspecified atom stereocenters. The van der Waals surface area contributed by atoms with Crippen molar-refractivity contribution in [3.05, 3.63) is 35.9 Å². The summed E-state index contributed by atoms with van der Waals surface area (Å²) in [6, 6.07) is 9.69. The summed E-state index contributed by atoms with van der Waals surface area (Å²) in [5.41, 5.74) is 1.18. The van der Waals surface area contributed by atoms with Gasteiger partial charge in [-0.3, -0.25) is 9.69 Å². The zero-order valence-corrected chi connectivity index (χ0v) is 8.76. The maximum absolute atomic E-state index is 11.0. The molecule has 3 nitrogen and oxygen atoms in total. The van der Waals surface area contributed by atoms with Gasteiger partial charge in [-0.1, -0.05) is 37.3 Å². The number of likely N-dealkylation sites (tertiary alicyclic amines) is 1. The Hall–Kier alpha value is -1.35. The van der Waals surface area contributed by atoms with Gasteiger partial charge in [-0.05, 0) is 11.5 Å². The molecule has 1 heterocycles. The highest BCUT2D eigenvalue weighted by Gasteiger charge is 2.40. The number of carbonyl (C=O) groups is 1. The van der Waals surface area contributed by atoms with Crippen LogP contribution in [-0.2, 0) is 11.3 Å². The predicted molar refractivity (Wildman–Crippen MR) is 57.4 cm³/mol. The minimum absolute atomic E-state index is 0.270. The van der Waals surface area contributed by atoms with Gasteiger partial charge in [0.15, 0.2) is 0 Å². The van der Waals surface area contributed by atoms with Crippen LogP contribution in [0.2, 0.25) is 0 Å². The Bertz CT molecular complexity index is 350. The molecular formula is C12H15NO2. The second kappa shape index (κ2) is 4.03. The first-order chi connectivity index (χ1) is 7.18. The van der Waals surface area contributed by atoms with Crippen LogP contribution in [0.15, 0.2) is 30.3 Å². The minimum atomic E-state index is -0.704. The summed E-state index contributed by atoms with van der Waals surface area (Å²) in [5, 5.41) is 9.01. The quantitative estimate of drug-likeness (QED) is 0.814. The van der Waals surface area contributed by atoms with Gasteiger partial charge in [0.05, 0.1) is 0 Å². The van der Waals surface area contributed by atoms with E-state index in [1.807, 2.05) is 42.2 Å². The Kier molecular flexibility index (Phi) is 2.73. The maximum Gasteiger partial charge on any atom is 0.321 e. The van der Waals surface area contributed by atoms with Gasteiger partial charge in [-0.2, -0.15) is 0 Å². The van der Waals surface area contributed by atoms with E-state index in [1.165, 1.54) is 5.56 Å². The SMILES string of the molecule is C[C@H]1CN(Cc2ccccc2)C1C(=O)O. The normalized spacial score (nSPS) is 25.9. The molecule has 1 aliphatic rings. The molecule has 80 valence electrons. The lowest BCUT2D eigenvalue weighted by molar-refractivity contribution is -0.153. The van der Waals surface area contributed by atoms with E-state index < -0.39 is 5.97 Å². The summed E-state index contributed by atoms with van der Waals surface area (Å²) in [6.07, 6.45) is 0. The van der Waals surface area contributed by atoms with Crippen LogP contribution in [0.3, 0.4) is 0 Å². The van der Waals surface area contributed by atoms with Crippen LogP contribution in [0.4, 0.5) is 0 Å². The lowest BCUT2D eigenvalue weighted by atomic mass is 9.90. The van der Waals surface area contributed by atoms with Gasteiger partial charge in [-0.15, -0.1) is 0 Å². The first-order valence-corrected chi connectivity index (χ1v) is 5.19. The summed E-state index contributed by atoms with van der Waals surface area (Å²) in [6.45, 7) is 3.61. The molecule has 15 heavy (non-hydrogen) atoms. The summed E-state index contributed by atoms with van der Waals surface area (Å²) >= 11 is 0. The number of aliphatic carboxylic acids is 1. The summed E-state index contributed by atoms with van der Waals surface area (Å²) in [5.74, 6) is -0.434. The maximum atomic E-state index is 11.0. The van der Waals surface area contributed by atoms with Gasteiger partial charge in [-0.25, -0.2) is 0 Å². The third kappa shape index (κ3) is 2.02. The molecule has 0 amide bonds. The van der Waals surface area contributed by atoms with Gasteiger partial charge >= 0.3 is 5.97 Å². The average Bonchev–Trinajstić information content (AvgIpc) is 2.17. The molecule has 1 aromatic rings. The van der Waals surface area contributed by atoms with Crippen LogP contribution in [-0.4, -0.2) is 28.6 Å². The molecule has 1 N–H and O–H groups in total. The Morgan fingerprint density at radius 1 is 1.47 bits per heavy atom. The monoisotopic (exact) mass is 205 g/mol. The topological polar surface area (TPSA) is 40.5 Å². The Morgan fingerprint density at radius 2 is 2.13 bits per heavy atom. The molecule has 0 bridgehead atoms. The third-order valence-corrected chi connectivity index (χ3v) is 2.94. The second-order valence-electron chi connectivity index (χ2n) is 4.18. The van der Waals surface area contributed by atoms with E-state index >= 15 is 0 Å². The zero-order valence-electron chi connectivity index (χ0n) is 8.76. The van der Waals surface area contributed by atoms with E-state index in [-0.39, 0.29) is 12.0 Å². The standard InChI is InChI=1S/C12H15NO2/c1-9-7-13(11(9)12(14)15)8-10-5-3-2-4-6-10/h2-6,9,11H,7-8H2,1H3,(H,14,15)/t9-,11?/m0/s1. The second-order valence-corrected chi connectivity index (χ2v) is 4.18. The van der Waals surface area contributed by atoms with Crippen molar-refractivity contribution in [2.75, 3.05) is 6.54 Å². The van der Waals surface area contributed by atoms with Crippen LogP contribution >= 0.6 is 0 Å². The van der Waals surface area contributed by atoms with Gasteiger partial charge < -0.3 is 5.11 Å². The fourth-order valence-electron chi connectivity index (χ4n) is 2.19. The van der Waals surface area contributed by atoms with Crippen LogP contribution in [0.25, 0.3) is 0 Å². The van der Waals surface area contributed by atoms with Crippen molar-refractivity contribution in [3.63, 3.8) is 0 Å². The van der Waals surface area contributed by atoms with E-state index in [0.29, 0.717) is 0 Å². The first kappa shape index (κ1) is 10.2. The van der Waals surface area contributed by atoms with Gasteiger partial charge in [0.2, 0.25) is 0 Å². The van der Waals surface area contributed by atoms with Gasteiger partial charge in [0, 0.05) is 13.1 Å². The van der Waals surface area contributed by atoms with Gasteiger partial charge in [0.1, 0.15) is 6.04 Å². The molecule has 3 heteroatoms. The smallest absolute Gasteiger partial charge is 0.321 e. The number of rotatable bonds is 3. The highest BCUT2D eigenvalue weighted by atomic mass is 16.4. The molecule has 1 aliphatic heterocycles. The highest BCUT2D eigenvalue weighted by Crippen LogP contribution is 2.26. The van der Waals surface area contributed by atoms with E-state index in [9.17, 15) is 4.79 Å². The molecule has 1 aromatic carbocycles. The molecule has 0 saturated carbocycles. The zero-order chi connectivity index (χ0) is 10.8. The Labute approximate surface area is 89.3 Å². The van der Waals surface area contributed by atoms with E-state index in [1.54, 1.807) is 0 Å². The summed E-state index contributed by atoms with van der Waals surface area (Å²) in [4.78, 5) is 13.0.